The molecule has 0 N–H and O–H groups in total. The van der Waals surface area contributed by atoms with Crippen LogP contribution in [0.4, 0.5) is 0 Å². The molecule has 0 heterocycles. The smallest absolute Gasteiger partial charge is 0.261 e. The normalized spacial score (nSPS) is 11.2. The zero-order chi connectivity index (χ0) is 12.3. The Morgan fingerprint density at radius 1 is 1.44 bits per heavy atom. The van der Waals surface area contributed by atoms with Gasteiger partial charge in [0.2, 0.25) is 0 Å². The first kappa shape index (κ1) is 13.0. The van der Waals surface area contributed by atoms with E-state index in [0.29, 0.717) is 11.3 Å². The fourth-order valence-corrected chi connectivity index (χ4v) is 1.95. The Balaban J connectivity index is 2.96. The number of aryl methyl sites for hydroxylation is 1. The summed E-state index contributed by atoms with van der Waals surface area (Å²) < 4.78 is 27.2. The van der Waals surface area contributed by atoms with E-state index >= 15 is 0 Å². The van der Waals surface area contributed by atoms with Gasteiger partial charge in [-0.15, -0.1) is 0 Å². The van der Waals surface area contributed by atoms with Crippen LogP contribution in [0.15, 0.2) is 23.1 Å². The Morgan fingerprint density at radius 3 is 2.50 bits per heavy atom. The molecule has 0 aliphatic heterocycles. The van der Waals surface area contributed by atoms with Crippen molar-refractivity contribution in [2.45, 2.75) is 18.7 Å². The molecule has 88 valence electrons. The van der Waals surface area contributed by atoms with Gasteiger partial charge in [-0.1, -0.05) is 0 Å². The van der Waals surface area contributed by atoms with Crippen molar-refractivity contribution in [3.05, 3.63) is 23.8 Å². The average Bonchev–Trinajstić information content (AvgIpc) is 2.14. The monoisotopic (exact) mass is 262 g/mol. The first-order valence-corrected chi connectivity index (χ1v) is 6.79. The Hall–Kier alpha value is -1.07. The third kappa shape index (κ3) is 3.50. The van der Waals surface area contributed by atoms with Gasteiger partial charge in [0.05, 0.1) is 4.90 Å². The number of halogens is 1. The van der Waals surface area contributed by atoms with Crippen LogP contribution in [0.5, 0.6) is 5.75 Å². The van der Waals surface area contributed by atoms with Crippen LogP contribution in [0.1, 0.15) is 12.5 Å². The highest BCUT2D eigenvalue weighted by Crippen LogP contribution is 2.23. The van der Waals surface area contributed by atoms with E-state index in [1.165, 1.54) is 25.1 Å². The molecule has 0 saturated heterocycles. The Labute approximate surface area is 98.6 Å². The molecule has 0 amide bonds. The second-order valence-corrected chi connectivity index (χ2v) is 5.92. The summed E-state index contributed by atoms with van der Waals surface area (Å²) in [5, 5.41) is 0. The van der Waals surface area contributed by atoms with E-state index in [2.05, 4.69) is 0 Å². The molecule has 4 nitrogen and oxygen atoms in total. The summed E-state index contributed by atoms with van der Waals surface area (Å²) in [5.74, 6) is 0.368. The lowest BCUT2D eigenvalue weighted by atomic mass is 10.2. The lowest BCUT2D eigenvalue weighted by Gasteiger charge is -2.08. The van der Waals surface area contributed by atoms with Crippen LogP contribution < -0.4 is 4.74 Å². The standard InChI is InChI=1S/C10H11ClO4S/c1-7-5-9(16(11,13)14)3-4-10(7)15-6-8(2)12/h3-5H,6H2,1-2H3. The Bertz CT molecular complexity index is 508. The second kappa shape index (κ2) is 4.84. The third-order valence-electron chi connectivity index (χ3n) is 1.86. The summed E-state index contributed by atoms with van der Waals surface area (Å²) in [5.41, 5.74) is 0.614. The van der Waals surface area contributed by atoms with E-state index in [1.54, 1.807) is 6.92 Å². The molecule has 16 heavy (non-hydrogen) atoms. The molecule has 1 rings (SSSR count). The Kier molecular flexibility index (Phi) is 3.93. The quantitative estimate of drug-likeness (QED) is 0.778. The van der Waals surface area contributed by atoms with Crippen molar-refractivity contribution in [1.29, 1.82) is 0 Å². The fraction of sp³-hybridized carbons (Fsp3) is 0.300. The van der Waals surface area contributed by atoms with Gasteiger partial charge in [0.1, 0.15) is 12.4 Å². The van der Waals surface area contributed by atoms with Gasteiger partial charge in [-0.25, -0.2) is 8.42 Å². The molecule has 0 saturated carbocycles. The first-order valence-electron chi connectivity index (χ1n) is 4.48. The van der Waals surface area contributed by atoms with Gasteiger partial charge in [0, 0.05) is 10.7 Å². The predicted octanol–water partition coefficient (Wildman–Crippen LogP) is 1.89. The number of hydrogen-bond acceptors (Lipinski definition) is 4. The molecule has 0 radical (unpaired) electrons. The number of carbonyl (C=O) groups is 1. The van der Waals surface area contributed by atoms with Crippen molar-refractivity contribution in [3.63, 3.8) is 0 Å². The van der Waals surface area contributed by atoms with Crippen LogP contribution in [0, 0.1) is 6.92 Å². The van der Waals surface area contributed by atoms with Crippen LogP contribution in [0.3, 0.4) is 0 Å². The van der Waals surface area contributed by atoms with Gasteiger partial charge in [0.15, 0.2) is 5.78 Å². The van der Waals surface area contributed by atoms with Crippen LogP contribution in [0.2, 0.25) is 0 Å². The zero-order valence-electron chi connectivity index (χ0n) is 8.86. The van der Waals surface area contributed by atoms with E-state index < -0.39 is 9.05 Å². The lowest BCUT2D eigenvalue weighted by Crippen LogP contribution is -2.07. The van der Waals surface area contributed by atoms with Crippen LogP contribution in [-0.2, 0) is 13.8 Å². The molecule has 0 aliphatic carbocycles. The molecule has 6 heteroatoms. The first-order chi connectivity index (χ1) is 7.30. The number of ketones is 1. The largest absolute Gasteiger partial charge is 0.486 e. The van der Waals surface area contributed by atoms with E-state index in [0.717, 1.165) is 0 Å². The van der Waals surface area contributed by atoms with Crippen LogP contribution in [0.25, 0.3) is 0 Å². The summed E-state index contributed by atoms with van der Waals surface area (Å²) >= 11 is 0. The predicted molar refractivity (Wildman–Crippen MR) is 60.4 cm³/mol. The molecule has 0 bridgehead atoms. The topological polar surface area (TPSA) is 60.4 Å². The Morgan fingerprint density at radius 2 is 2.06 bits per heavy atom. The van der Waals surface area contributed by atoms with Gasteiger partial charge in [-0.3, -0.25) is 4.79 Å². The SMILES string of the molecule is CC(=O)COc1ccc(S(=O)(=O)Cl)cc1C. The molecule has 0 aliphatic rings. The number of rotatable bonds is 4. The van der Waals surface area contributed by atoms with Crippen molar-refractivity contribution in [3.8, 4) is 5.75 Å². The summed E-state index contributed by atoms with van der Waals surface area (Å²) in [6.07, 6.45) is 0. The van der Waals surface area contributed by atoms with Gasteiger partial charge >= 0.3 is 0 Å². The molecule has 1 aromatic carbocycles. The second-order valence-electron chi connectivity index (χ2n) is 3.36. The third-order valence-corrected chi connectivity index (χ3v) is 3.21. The molecular formula is C10H11ClO4S. The highest BCUT2D eigenvalue weighted by molar-refractivity contribution is 8.13. The lowest BCUT2D eigenvalue weighted by molar-refractivity contribution is -0.118. The maximum Gasteiger partial charge on any atom is 0.261 e. The van der Waals surface area contributed by atoms with Gasteiger partial charge in [0.25, 0.3) is 9.05 Å². The van der Waals surface area contributed by atoms with E-state index in [4.69, 9.17) is 15.4 Å². The van der Waals surface area contributed by atoms with E-state index in [1.807, 2.05) is 0 Å². The highest BCUT2D eigenvalue weighted by atomic mass is 35.7. The van der Waals surface area contributed by atoms with Crippen molar-refractivity contribution >= 4 is 25.5 Å². The molecule has 1 aromatic rings. The van der Waals surface area contributed by atoms with E-state index in [9.17, 15) is 13.2 Å². The van der Waals surface area contributed by atoms with E-state index in [-0.39, 0.29) is 17.3 Å². The molecule has 0 unspecified atom stereocenters. The van der Waals surface area contributed by atoms with Gasteiger partial charge in [-0.2, -0.15) is 0 Å². The molecular weight excluding hydrogens is 252 g/mol. The minimum Gasteiger partial charge on any atom is -0.486 e. The maximum atomic E-state index is 11.0. The van der Waals surface area contributed by atoms with Crippen molar-refractivity contribution in [2.75, 3.05) is 6.61 Å². The fourth-order valence-electron chi connectivity index (χ4n) is 1.11. The number of benzene rings is 1. The minimum absolute atomic E-state index is 0.0156. The molecule has 0 atom stereocenters. The van der Waals surface area contributed by atoms with Crippen LogP contribution in [-0.4, -0.2) is 20.8 Å². The number of ether oxygens (including phenoxy) is 1. The summed E-state index contributed by atoms with van der Waals surface area (Å²) in [4.78, 5) is 10.7. The number of carbonyl (C=O) groups excluding carboxylic acids is 1. The number of hydrogen-bond donors (Lipinski definition) is 0. The van der Waals surface area contributed by atoms with Gasteiger partial charge < -0.3 is 4.74 Å². The zero-order valence-corrected chi connectivity index (χ0v) is 10.4. The van der Waals surface area contributed by atoms with Gasteiger partial charge in [-0.05, 0) is 37.6 Å². The average molecular weight is 263 g/mol. The van der Waals surface area contributed by atoms with Crippen molar-refractivity contribution in [2.24, 2.45) is 0 Å². The summed E-state index contributed by atoms with van der Waals surface area (Å²) in [6.45, 7) is 3.06. The van der Waals surface area contributed by atoms with Crippen molar-refractivity contribution in [1.82, 2.24) is 0 Å². The molecule has 0 fully saturated rings. The summed E-state index contributed by atoms with van der Waals surface area (Å²) in [6, 6.07) is 4.22. The minimum atomic E-state index is -3.72. The summed E-state index contributed by atoms with van der Waals surface area (Å²) in [7, 11) is 1.46. The number of Topliss-reactive ketones (excluding diaryl/α,β-unsaturated/α-hetero) is 1. The highest BCUT2D eigenvalue weighted by Gasteiger charge is 2.11. The maximum absolute atomic E-state index is 11.0. The van der Waals surface area contributed by atoms with Crippen molar-refractivity contribution < 1.29 is 17.9 Å². The van der Waals surface area contributed by atoms with Crippen LogP contribution >= 0.6 is 10.7 Å². The molecule has 0 aromatic heterocycles. The molecule has 0 spiro atoms.